The van der Waals surface area contributed by atoms with Crippen molar-refractivity contribution in [3.8, 4) is 11.5 Å². The van der Waals surface area contributed by atoms with E-state index in [1.165, 1.54) is 16.7 Å². The number of benzene rings is 3. The highest BCUT2D eigenvalue weighted by Gasteiger charge is 1.99. The van der Waals surface area contributed by atoms with Crippen LogP contribution in [0, 0.1) is 13.8 Å². The molecule has 0 aliphatic carbocycles. The van der Waals surface area contributed by atoms with Crippen LogP contribution >= 0.6 is 0 Å². The molecule has 0 amide bonds. The second kappa shape index (κ2) is 8.95. The zero-order chi connectivity index (χ0) is 18.2. The Hall–Kier alpha value is -2.94. The Morgan fingerprint density at radius 1 is 0.731 bits per heavy atom. The summed E-state index contributed by atoms with van der Waals surface area (Å²) in [5.41, 5.74) is 4.66. The highest BCUT2D eigenvalue weighted by Crippen LogP contribution is 2.18. The quantitative estimate of drug-likeness (QED) is 0.555. The van der Waals surface area contributed by atoms with E-state index in [2.05, 4.69) is 49.5 Å². The summed E-state index contributed by atoms with van der Waals surface area (Å²) in [5, 5.41) is 3.36. The summed E-state index contributed by atoms with van der Waals surface area (Å²) in [6.07, 6.45) is 0. The van der Waals surface area contributed by atoms with E-state index < -0.39 is 0 Å². The van der Waals surface area contributed by atoms with E-state index >= 15 is 0 Å². The lowest BCUT2D eigenvalue weighted by molar-refractivity contribution is 0.306. The fraction of sp³-hybridized carbons (Fsp3) is 0.217. The first-order valence-electron chi connectivity index (χ1n) is 8.91. The molecule has 0 aromatic heterocycles. The molecule has 3 heteroatoms. The Morgan fingerprint density at radius 3 is 2.12 bits per heavy atom. The van der Waals surface area contributed by atoms with Gasteiger partial charge in [-0.3, -0.25) is 0 Å². The van der Waals surface area contributed by atoms with E-state index in [-0.39, 0.29) is 0 Å². The third kappa shape index (κ3) is 5.55. The molecule has 3 rings (SSSR count). The molecule has 3 nitrogen and oxygen atoms in total. The van der Waals surface area contributed by atoms with Crippen molar-refractivity contribution in [1.82, 2.24) is 0 Å². The van der Waals surface area contributed by atoms with Gasteiger partial charge in [-0.15, -0.1) is 0 Å². The zero-order valence-electron chi connectivity index (χ0n) is 15.4. The minimum atomic E-state index is 0.581. The number of ether oxygens (including phenoxy) is 2. The molecule has 0 spiro atoms. The molecule has 134 valence electrons. The van der Waals surface area contributed by atoms with Gasteiger partial charge in [0.25, 0.3) is 0 Å². The predicted molar refractivity (Wildman–Crippen MR) is 107 cm³/mol. The molecular weight excluding hydrogens is 322 g/mol. The molecule has 26 heavy (non-hydrogen) atoms. The summed E-state index contributed by atoms with van der Waals surface area (Å²) in [7, 11) is 0. The van der Waals surface area contributed by atoms with Crippen LogP contribution in [0.5, 0.6) is 11.5 Å². The molecule has 0 unspecified atom stereocenters. The molecule has 0 saturated heterocycles. The Morgan fingerprint density at radius 2 is 1.42 bits per heavy atom. The van der Waals surface area contributed by atoms with Crippen LogP contribution in [0.2, 0.25) is 0 Å². The summed E-state index contributed by atoms with van der Waals surface area (Å²) >= 11 is 0. The SMILES string of the molecule is Cc1cc(C)cc(OCCNc2ccc(OCc3ccccc3)cc2)c1. The van der Waals surface area contributed by atoms with Gasteiger partial charge in [-0.2, -0.15) is 0 Å². The van der Waals surface area contributed by atoms with Gasteiger partial charge in [-0.1, -0.05) is 36.4 Å². The fourth-order valence-electron chi connectivity index (χ4n) is 2.79. The highest BCUT2D eigenvalue weighted by molar-refractivity contribution is 5.46. The molecule has 0 atom stereocenters. The Balaban J connectivity index is 1.41. The van der Waals surface area contributed by atoms with Gasteiger partial charge in [-0.25, -0.2) is 0 Å². The van der Waals surface area contributed by atoms with Crippen molar-refractivity contribution < 1.29 is 9.47 Å². The van der Waals surface area contributed by atoms with Crippen LogP contribution in [0.4, 0.5) is 5.69 Å². The maximum absolute atomic E-state index is 5.81. The molecule has 0 fully saturated rings. The first kappa shape index (κ1) is 17.9. The third-order valence-corrected chi connectivity index (χ3v) is 4.00. The van der Waals surface area contributed by atoms with Crippen LogP contribution in [0.25, 0.3) is 0 Å². The summed E-state index contributed by atoms with van der Waals surface area (Å²) in [6, 6.07) is 24.5. The van der Waals surface area contributed by atoms with Gasteiger partial charge in [-0.05, 0) is 66.9 Å². The van der Waals surface area contributed by atoms with Crippen molar-refractivity contribution in [2.45, 2.75) is 20.5 Å². The summed E-state index contributed by atoms with van der Waals surface area (Å²) in [6.45, 7) is 6.11. The standard InChI is InChI=1S/C23H25NO2/c1-18-14-19(2)16-23(15-18)25-13-12-24-21-8-10-22(11-9-21)26-17-20-6-4-3-5-7-20/h3-11,14-16,24H,12-13,17H2,1-2H3. The number of hydrogen-bond donors (Lipinski definition) is 1. The molecule has 1 N–H and O–H groups in total. The Labute approximate surface area is 155 Å². The van der Waals surface area contributed by atoms with Crippen LogP contribution in [-0.4, -0.2) is 13.2 Å². The van der Waals surface area contributed by atoms with Crippen LogP contribution < -0.4 is 14.8 Å². The van der Waals surface area contributed by atoms with Crippen molar-refractivity contribution in [1.29, 1.82) is 0 Å². The average molecular weight is 347 g/mol. The van der Waals surface area contributed by atoms with E-state index in [0.717, 1.165) is 23.7 Å². The number of nitrogens with one attached hydrogen (secondary N) is 1. The second-order valence-corrected chi connectivity index (χ2v) is 6.40. The van der Waals surface area contributed by atoms with Gasteiger partial charge >= 0.3 is 0 Å². The third-order valence-electron chi connectivity index (χ3n) is 4.00. The summed E-state index contributed by atoms with van der Waals surface area (Å²) < 4.78 is 11.6. The van der Waals surface area contributed by atoms with Crippen molar-refractivity contribution in [3.63, 3.8) is 0 Å². The molecule has 0 heterocycles. The fourth-order valence-corrected chi connectivity index (χ4v) is 2.79. The van der Waals surface area contributed by atoms with Crippen LogP contribution in [0.3, 0.4) is 0 Å². The number of hydrogen-bond acceptors (Lipinski definition) is 3. The van der Waals surface area contributed by atoms with E-state index in [4.69, 9.17) is 9.47 Å². The smallest absolute Gasteiger partial charge is 0.119 e. The van der Waals surface area contributed by atoms with Crippen molar-refractivity contribution in [2.24, 2.45) is 0 Å². The van der Waals surface area contributed by atoms with E-state index in [1.807, 2.05) is 42.5 Å². The maximum Gasteiger partial charge on any atom is 0.119 e. The van der Waals surface area contributed by atoms with Gasteiger partial charge < -0.3 is 14.8 Å². The van der Waals surface area contributed by atoms with Crippen molar-refractivity contribution in [3.05, 3.63) is 89.5 Å². The van der Waals surface area contributed by atoms with Crippen molar-refractivity contribution >= 4 is 5.69 Å². The summed E-state index contributed by atoms with van der Waals surface area (Å²) in [4.78, 5) is 0. The van der Waals surface area contributed by atoms with E-state index in [9.17, 15) is 0 Å². The first-order chi connectivity index (χ1) is 12.7. The first-order valence-corrected chi connectivity index (χ1v) is 8.91. The lowest BCUT2D eigenvalue weighted by Crippen LogP contribution is -2.11. The largest absolute Gasteiger partial charge is 0.492 e. The molecule has 0 bridgehead atoms. The van der Waals surface area contributed by atoms with Gasteiger partial charge in [0.2, 0.25) is 0 Å². The van der Waals surface area contributed by atoms with Gasteiger partial charge in [0.1, 0.15) is 24.7 Å². The summed E-state index contributed by atoms with van der Waals surface area (Å²) in [5.74, 6) is 1.79. The molecule has 0 saturated carbocycles. The van der Waals surface area contributed by atoms with Crippen LogP contribution in [0.1, 0.15) is 16.7 Å². The number of rotatable bonds is 8. The maximum atomic E-state index is 5.81. The monoisotopic (exact) mass is 347 g/mol. The Kier molecular flexibility index (Phi) is 6.15. The molecule has 3 aromatic rings. The number of aryl methyl sites for hydroxylation is 2. The normalized spacial score (nSPS) is 10.4. The molecule has 0 aliphatic heterocycles. The minimum absolute atomic E-state index is 0.581. The van der Waals surface area contributed by atoms with Crippen LogP contribution in [-0.2, 0) is 6.61 Å². The van der Waals surface area contributed by atoms with E-state index in [1.54, 1.807) is 0 Å². The van der Waals surface area contributed by atoms with Gasteiger partial charge in [0.15, 0.2) is 0 Å². The molecule has 0 aliphatic rings. The highest BCUT2D eigenvalue weighted by atomic mass is 16.5. The zero-order valence-corrected chi connectivity index (χ0v) is 15.4. The lowest BCUT2D eigenvalue weighted by atomic mass is 10.1. The lowest BCUT2D eigenvalue weighted by Gasteiger charge is -2.11. The molecule has 3 aromatic carbocycles. The van der Waals surface area contributed by atoms with Crippen LogP contribution in [0.15, 0.2) is 72.8 Å². The Bertz CT molecular complexity index is 793. The minimum Gasteiger partial charge on any atom is -0.492 e. The second-order valence-electron chi connectivity index (χ2n) is 6.40. The van der Waals surface area contributed by atoms with Crippen molar-refractivity contribution in [2.75, 3.05) is 18.5 Å². The topological polar surface area (TPSA) is 30.5 Å². The predicted octanol–water partition coefficient (Wildman–Crippen LogP) is 5.37. The number of anilines is 1. The van der Waals surface area contributed by atoms with Gasteiger partial charge in [0.05, 0.1) is 0 Å². The molecular formula is C23H25NO2. The molecule has 0 radical (unpaired) electrons. The average Bonchev–Trinajstić information content (AvgIpc) is 2.65. The van der Waals surface area contributed by atoms with Gasteiger partial charge in [0, 0.05) is 12.2 Å². The van der Waals surface area contributed by atoms with E-state index in [0.29, 0.717) is 13.2 Å².